The van der Waals surface area contributed by atoms with Gasteiger partial charge in [0.05, 0.1) is 11.2 Å². The third-order valence-corrected chi connectivity index (χ3v) is 3.07. The van der Waals surface area contributed by atoms with Gasteiger partial charge in [0.1, 0.15) is 4.88 Å². The number of benzene rings is 1. The summed E-state index contributed by atoms with van der Waals surface area (Å²) in [5, 5.41) is 3.73. The Bertz CT molecular complexity index is 502. The summed E-state index contributed by atoms with van der Waals surface area (Å²) in [6, 6.07) is 7.71. The van der Waals surface area contributed by atoms with Gasteiger partial charge in [-0.2, -0.15) is 0 Å². The van der Waals surface area contributed by atoms with Gasteiger partial charge < -0.3 is 5.32 Å². The number of rotatable bonds is 2. The molecular weight excluding hydrogens is 220 g/mol. The molecule has 0 saturated heterocycles. The maximum atomic E-state index is 11.8. The van der Waals surface area contributed by atoms with Crippen molar-refractivity contribution in [2.75, 3.05) is 5.32 Å². The first-order chi connectivity index (χ1) is 7.65. The summed E-state index contributed by atoms with van der Waals surface area (Å²) in [6.45, 7) is 3.89. The van der Waals surface area contributed by atoms with Crippen LogP contribution in [0.3, 0.4) is 0 Å². The lowest BCUT2D eigenvalue weighted by molar-refractivity contribution is 0.103. The number of aromatic nitrogens is 1. The minimum Gasteiger partial charge on any atom is -0.321 e. The molecule has 0 unspecified atom stereocenters. The topological polar surface area (TPSA) is 42.0 Å². The number of amides is 1. The summed E-state index contributed by atoms with van der Waals surface area (Å²) in [5.74, 6) is -0.102. The van der Waals surface area contributed by atoms with Gasteiger partial charge in [-0.25, -0.2) is 4.98 Å². The van der Waals surface area contributed by atoms with E-state index in [2.05, 4.69) is 10.3 Å². The molecule has 1 heterocycles. The van der Waals surface area contributed by atoms with Gasteiger partial charge in [-0.1, -0.05) is 17.7 Å². The van der Waals surface area contributed by atoms with E-state index < -0.39 is 0 Å². The Morgan fingerprint density at radius 3 is 2.50 bits per heavy atom. The van der Waals surface area contributed by atoms with E-state index >= 15 is 0 Å². The number of nitrogens with one attached hydrogen (secondary N) is 1. The van der Waals surface area contributed by atoms with Crippen molar-refractivity contribution in [1.29, 1.82) is 0 Å². The van der Waals surface area contributed by atoms with Crippen molar-refractivity contribution in [2.45, 2.75) is 13.8 Å². The largest absolute Gasteiger partial charge is 0.321 e. The predicted molar refractivity (Wildman–Crippen MR) is 66.0 cm³/mol. The zero-order valence-electron chi connectivity index (χ0n) is 9.15. The van der Waals surface area contributed by atoms with E-state index in [1.807, 2.05) is 38.1 Å². The van der Waals surface area contributed by atoms with Gasteiger partial charge in [-0.05, 0) is 26.0 Å². The lowest BCUT2D eigenvalue weighted by Gasteiger charge is -2.02. The van der Waals surface area contributed by atoms with Crippen LogP contribution in [0.15, 0.2) is 30.5 Å². The Balaban J connectivity index is 2.10. The minimum absolute atomic E-state index is 0.102. The van der Waals surface area contributed by atoms with Gasteiger partial charge in [0.15, 0.2) is 0 Å². The van der Waals surface area contributed by atoms with E-state index in [1.54, 1.807) is 6.20 Å². The fourth-order valence-electron chi connectivity index (χ4n) is 1.30. The van der Waals surface area contributed by atoms with Crippen molar-refractivity contribution in [1.82, 2.24) is 4.98 Å². The van der Waals surface area contributed by atoms with Crippen LogP contribution in [0, 0.1) is 13.8 Å². The first-order valence-electron chi connectivity index (χ1n) is 4.95. The Hall–Kier alpha value is -1.68. The second-order valence-electron chi connectivity index (χ2n) is 3.56. The van der Waals surface area contributed by atoms with Crippen molar-refractivity contribution in [3.8, 4) is 0 Å². The molecular formula is C12H12N2OS. The van der Waals surface area contributed by atoms with Crippen molar-refractivity contribution in [3.05, 3.63) is 45.9 Å². The van der Waals surface area contributed by atoms with Crippen LogP contribution in [0.25, 0.3) is 0 Å². The highest BCUT2D eigenvalue weighted by Gasteiger charge is 2.08. The van der Waals surface area contributed by atoms with E-state index in [0.717, 1.165) is 10.7 Å². The maximum Gasteiger partial charge on any atom is 0.267 e. The molecule has 1 aromatic heterocycles. The standard InChI is InChI=1S/C12H12N2OS/c1-8-3-5-10(6-4-8)14-12(15)11-7-13-9(2)16-11/h3-7H,1-2H3,(H,14,15). The van der Waals surface area contributed by atoms with Crippen LogP contribution in [0.5, 0.6) is 0 Å². The molecule has 0 aliphatic heterocycles. The lowest BCUT2D eigenvalue weighted by Crippen LogP contribution is -2.09. The highest BCUT2D eigenvalue weighted by molar-refractivity contribution is 7.13. The Morgan fingerprint density at radius 2 is 1.94 bits per heavy atom. The average molecular weight is 232 g/mol. The van der Waals surface area contributed by atoms with Gasteiger partial charge in [0, 0.05) is 5.69 Å². The van der Waals surface area contributed by atoms with Crippen molar-refractivity contribution in [2.24, 2.45) is 0 Å². The SMILES string of the molecule is Cc1ccc(NC(=O)c2cnc(C)s2)cc1. The Morgan fingerprint density at radius 1 is 1.25 bits per heavy atom. The smallest absolute Gasteiger partial charge is 0.267 e. The third-order valence-electron chi connectivity index (χ3n) is 2.15. The molecule has 0 fully saturated rings. The summed E-state index contributed by atoms with van der Waals surface area (Å²) in [7, 11) is 0. The van der Waals surface area contributed by atoms with E-state index in [4.69, 9.17) is 0 Å². The summed E-state index contributed by atoms with van der Waals surface area (Å²) < 4.78 is 0. The number of aryl methyl sites for hydroxylation is 2. The number of carbonyl (C=O) groups excluding carboxylic acids is 1. The molecule has 0 atom stereocenters. The normalized spacial score (nSPS) is 10.1. The minimum atomic E-state index is -0.102. The summed E-state index contributed by atoms with van der Waals surface area (Å²) in [4.78, 5) is 16.5. The quantitative estimate of drug-likeness (QED) is 0.864. The number of carbonyl (C=O) groups is 1. The fraction of sp³-hybridized carbons (Fsp3) is 0.167. The highest BCUT2D eigenvalue weighted by Crippen LogP contribution is 2.15. The second-order valence-corrected chi connectivity index (χ2v) is 4.80. The van der Waals surface area contributed by atoms with Crippen molar-refractivity contribution in [3.63, 3.8) is 0 Å². The van der Waals surface area contributed by atoms with Crippen LogP contribution in [0.1, 0.15) is 20.2 Å². The highest BCUT2D eigenvalue weighted by atomic mass is 32.1. The molecule has 16 heavy (non-hydrogen) atoms. The second kappa shape index (κ2) is 4.45. The molecule has 0 radical (unpaired) electrons. The van der Waals surface area contributed by atoms with Crippen LogP contribution in [0.2, 0.25) is 0 Å². The van der Waals surface area contributed by atoms with E-state index in [-0.39, 0.29) is 5.91 Å². The Kier molecular flexibility index (Phi) is 3.01. The van der Waals surface area contributed by atoms with Gasteiger partial charge in [-0.3, -0.25) is 4.79 Å². The average Bonchev–Trinajstić information content (AvgIpc) is 2.68. The molecule has 4 heteroatoms. The molecule has 0 aliphatic carbocycles. The molecule has 1 N–H and O–H groups in total. The number of thiazole rings is 1. The van der Waals surface area contributed by atoms with Gasteiger partial charge >= 0.3 is 0 Å². The van der Waals surface area contributed by atoms with Gasteiger partial charge in [-0.15, -0.1) is 11.3 Å². The molecule has 0 aliphatic rings. The summed E-state index contributed by atoms with van der Waals surface area (Å²) in [5.41, 5.74) is 1.98. The zero-order chi connectivity index (χ0) is 11.5. The van der Waals surface area contributed by atoms with Crippen LogP contribution >= 0.6 is 11.3 Å². The maximum absolute atomic E-state index is 11.8. The first-order valence-corrected chi connectivity index (χ1v) is 5.77. The molecule has 3 nitrogen and oxygen atoms in total. The monoisotopic (exact) mass is 232 g/mol. The van der Waals surface area contributed by atoms with Gasteiger partial charge in [0.25, 0.3) is 5.91 Å². The van der Waals surface area contributed by atoms with Crippen LogP contribution in [-0.2, 0) is 0 Å². The van der Waals surface area contributed by atoms with Crippen LogP contribution in [0.4, 0.5) is 5.69 Å². The predicted octanol–water partition coefficient (Wildman–Crippen LogP) is 3.01. The van der Waals surface area contributed by atoms with E-state index in [0.29, 0.717) is 4.88 Å². The number of anilines is 1. The van der Waals surface area contributed by atoms with Crippen molar-refractivity contribution >= 4 is 22.9 Å². The summed E-state index contributed by atoms with van der Waals surface area (Å²) >= 11 is 1.40. The summed E-state index contributed by atoms with van der Waals surface area (Å²) in [6.07, 6.45) is 1.60. The molecule has 1 amide bonds. The fourth-order valence-corrected chi connectivity index (χ4v) is 1.97. The number of nitrogens with zero attached hydrogens (tertiary/aromatic N) is 1. The Labute approximate surface area is 98.2 Å². The van der Waals surface area contributed by atoms with Crippen LogP contribution in [-0.4, -0.2) is 10.9 Å². The molecule has 2 aromatic rings. The molecule has 2 rings (SSSR count). The van der Waals surface area contributed by atoms with Crippen molar-refractivity contribution < 1.29 is 4.79 Å². The number of hydrogen-bond acceptors (Lipinski definition) is 3. The molecule has 0 spiro atoms. The third kappa shape index (κ3) is 2.46. The first kappa shape index (κ1) is 10.8. The molecule has 0 bridgehead atoms. The lowest BCUT2D eigenvalue weighted by atomic mass is 10.2. The van der Waals surface area contributed by atoms with E-state index in [9.17, 15) is 4.79 Å². The zero-order valence-corrected chi connectivity index (χ0v) is 9.97. The van der Waals surface area contributed by atoms with Gasteiger partial charge in [0.2, 0.25) is 0 Å². The molecule has 82 valence electrons. The van der Waals surface area contributed by atoms with Crippen LogP contribution < -0.4 is 5.32 Å². The van der Waals surface area contributed by atoms with E-state index in [1.165, 1.54) is 16.9 Å². The molecule has 0 saturated carbocycles. The molecule has 1 aromatic carbocycles. The number of hydrogen-bond donors (Lipinski definition) is 1.